The lowest BCUT2D eigenvalue weighted by molar-refractivity contribution is -0.149. The number of esters is 3. The lowest BCUT2D eigenvalue weighted by Gasteiger charge is -2.18. The Morgan fingerprint density at radius 3 is 1.32 bits per heavy atom. The fourth-order valence-electron chi connectivity index (χ4n) is 6.61. The van der Waals surface area contributed by atoms with Gasteiger partial charge in [0.2, 0.25) is 0 Å². The zero-order valence-electron chi connectivity index (χ0n) is 37.0. The number of rotatable bonds is 41. The summed E-state index contributed by atoms with van der Waals surface area (Å²) >= 11 is 0. The summed E-state index contributed by atoms with van der Waals surface area (Å²) in [6.07, 6.45) is 28.2. The Labute approximate surface area is 343 Å². The summed E-state index contributed by atoms with van der Waals surface area (Å²) in [5.41, 5.74) is 0. The van der Waals surface area contributed by atoms with Gasteiger partial charge in [0.1, 0.15) is 6.10 Å². The predicted octanol–water partition coefficient (Wildman–Crippen LogP) is 12.1. The van der Waals surface area contributed by atoms with Crippen LogP contribution in [0.4, 0.5) is 4.79 Å². The van der Waals surface area contributed by atoms with Gasteiger partial charge in [0.25, 0.3) is 0 Å². The van der Waals surface area contributed by atoms with Crippen LogP contribution in [0.3, 0.4) is 0 Å². The molecule has 0 saturated heterocycles. The van der Waals surface area contributed by atoms with Crippen LogP contribution >= 0.6 is 0 Å². The van der Waals surface area contributed by atoms with Crippen molar-refractivity contribution in [1.82, 2.24) is 4.90 Å². The second-order valence-electron chi connectivity index (χ2n) is 16.1. The maximum absolute atomic E-state index is 12.6. The first-order valence-electron chi connectivity index (χ1n) is 23.2. The van der Waals surface area contributed by atoms with E-state index < -0.39 is 6.16 Å². The van der Waals surface area contributed by atoms with Crippen LogP contribution in [0.2, 0.25) is 0 Å². The average molecular weight is 798 g/mol. The number of nitrogens with zero attached hydrogens (tertiary/aromatic N) is 1. The molecule has 1 atom stereocenters. The highest BCUT2D eigenvalue weighted by molar-refractivity contribution is 5.70. The van der Waals surface area contributed by atoms with Crippen LogP contribution in [0.15, 0.2) is 0 Å². The quantitative estimate of drug-likeness (QED) is 0.0336. The van der Waals surface area contributed by atoms with E-state index in [0.29, 0.717) is 38.7 Å². The zero-order chi connectivity index (χ0) is 41.3. The SMILES string of the molecule is CCCCCCCCCCCCC(CCOC(=O)CCCCCC(COC(=O)CCCCCCC)COC(=O)CCCCCCC)OC(=O)OCCCN(C)C. The summed E-state index contributed by atoms with van der Waals surface area (Å²) in [4.78, 5) is 51.8. The molecule has 0 heterocycles. The lowest BCUT2D eigenvalue weighted by Crippen LogP contribution is -2.23. The van der Waals surface area contributed by atoms with E-state index in [-0.39, 0.29) is 49.8 Å². The predicted molar refractivity (Wildman–Crippen MR) is 227 cm³/mol. The van der Waals surface area contributed by atoms with E-state index in [1.165, 1.54) is 64.2 Å². The Hall–Kier alpha value is -2.36. The molecule has 0 bridgehead atoms. The molecule has 0 aliphatic heterocycles. The van der Waals surface area contributed by atoms with Gasteiger partial charge in [-0.05, 0) is 59.0 Å². The Morgan fingerprint density at radius 2 is 0.839 bits per heavy atom. The first-order valence-corrected chi connectivity index (χ1v) is 23.2. The Bertz CT molecular complexity index is 898. The maximum Gasteiger partial charge on any atom is 0.508 e. The van der Waals surface area contributed by atoms with E-state index in [1.807, 2.05) is 19.0 Å². The number of carbonyl (C=O) groups is 4. The third kappa shape index (κ3) is 38.5. The van der Waals surface area contributed by atoms with Crippen LogP contribution in [-0.2, 0) is 38.1 Å². The second kappa shape index (κ2) is 40.8. The molecule has 56 heavy (non-hydrogen) atoms. The molecular formula is C46H87NO9. The maximum atomic E-state index is 12.6. The van der Waals surface area contributed by atoms with E-state index in [4.69, 9.17) is 23.7 Å². The number of hydrogen-bond acceptors (Lipinski definition) is 10. The highest BCUT2D eigenvalue weighted by atomic mass is 16.7. The molecule has 0 aromatic carbocycles. The molecule has 0 aromatic heterocycles. The van der Waals surface area contributed by atoms with Gasteiger partial charge in [0.05, 0.1) is 26.4 Å². The van der Waals surface area contributed by atoms with Crippen molar-refractivity contribution in [3.05, 3.63) is 0 Å². The molecule has 0 aromatic rings. The largest absolute Gasteiger partial charge is 0.508 e. The molecule has 330 valence electrons. The summed E-state index contributed by atoms with van der Waals surface area (Å²) < 4.78 is 27.7. The van der Waals surface area contributed by atoms with E-state index in [0.717, 1.165) is 103 Å². The summed E-state index contributed by atoms with van der Waals surface area (Å²) in [6, 6.07) is 0. The van der Waals surface area contributed by atoms with Crippen LogP contribution in [-0.4, -0.2) is 82.1 Å². The van der Waals surface area contributed by atoms with Crippen molar-refractivity contribution < 1.29 is 42.9 Å². The van der Waals surface area contributed by atoms with Gasteiger partial charge in [-0.2, -0.15) is 0 Å². The van der Waals surface area contributed by atoms with Crippen molar-refractivity contribution in [2.75, 3.05) is 47.1 Å². The molecule has 1 unspecified atom stereocenters. The Kier molecular flexibility index (Phi) is 39.1. The van der Waals surface area contributed by atoms with Crippen LogP contribution in [0.5, 0.6) is 0 Å². The van der Waals surface area contributed by atoms with Crippen LogP contribution < -0.4 is 0 Å². The van der Waals surface area contributed by atoms with E-state index in [9.17, 15) is 19.2 Å². The monoisotopic (exact) mass is 798 g/mol. The minimum atomic E-state index is -0.653. The third-order valence-corrected chi connectivity index (χ3v) is 10.2. The molecule has 0 N–H and O–H groups in total. The van der Waals surface area contributed by atoms with Gasteiger partial charge in [-0.3, -0.25) is 14.4 Å². The summed E-state index contributed by atoms with van der Waals surface area (Å²) in [5.74, 6) is -0.706. The van der Waals surface area contributed by atoms with Gasteiger partial charge >= 0.3 is 24.1 Å². The van der Waals surface area contributed by atoms with Crippen molar-refractivity contribution in [3.8, 4) is 0 Å². The molecule has 10 heteroatoms. The topological polar surface area (TPSA) is 118 Å². The highest BCUT2D eigenvalue weighted by Gasteiger charge is 2.18. The molecule has 0 radical (unpaired) electrons. The molecule has 0 amide bonds. The standard InChI is InChI=1S/C46H87NO9/c1-6-9-12-15-16-17-18-19-22-25-31-42(56-46(51)53-37-29-36-47(4)5)35-38-52-43(48)32-28-23-24-30-41(39-54-44(49)33-26-20-13-10-7-2)40-55-45(50)34-27-21-14-11-8-3/h41-42H,6-40H2,1-5H3. The zero-order valence-corrected chi connectivity index (χ0v) is 37.0. The van der Waals surface area contributed by atoms with E-state index in [1.54, 1.807) is 0 Å². The first kappa shape index (κ1) is 53.6. The molecule has 10 nitrogen and oxygen atoms in total. The van der Waals surface area contributed by atoms with Gasteiger partial charge in [-0.1, -0.05) is 143 Å². The first-order chi connectivity index (χ1) is 27.2. The van der Waals surface area contributed by atoms with Crippen molar-refractivity contribution in [2.45, 2.75) is 219 Å². The van der Waals surface area contributed by atoms with Gasteiger partial charge in [0.15, 0.2) is 0 Å². The van der Waals surface area contributed by atoms with Gasteiger partial charge in [-0.25, -0.2) is 4.79 Å². The van der Waals surface area contributed by atoms with Crippen molar-refractivity contribution in [2.24, 2.45) is 5.92 Å². The average Bonchev–Trinajstić information content (AvgIpc) is 3.17. The van der Waals surface area contributed by atoms with Crippen molar-refractivity contribution in [3.63, 3.8) is 0 Å². The minimum absolute atomic E-state index is 0.0674. The third-order valence-electron chi connectivity index (χ3n) is 10.2. The fourth-order valence-corrected chi connectivity index (χ4v) is 6.61. The molecule has 0 aliphatic carbocycles. The molecular weight excluding hydrogens is 711 g/mol. The molecule has 0 aliphatic rings. The minimum Gasteiger partial charge on any atom is -0.466 e. The summed E-state index contributed by atoms with van der Waals surface area (Å²) in [7, 11) is 3.96. The molecule has 0 spiro atoms. The van der Waals surface area contributed by atoms with E-state index in [2.05, 4.69) is 20.8 Å². The number of ether oxygens (including phenoxy) is 5. The fraction of sp³-hybridized carbons (Fsp3) is 0.913. The lowest BCUT2D eigenvalue weighted by atomic mass is 10.0. The van der Waals surface area contributed by atoms with Crippen molar-refractivity contribution in [1.29, 1.82) is 0 Å². The molecule has 0 rings (SSSR count). The number of hydrogen-bond donors (Lipinski definition) is 0. The van der Waals surface area contributed by atoms with Crippen LogP contribution in [0.1, 0.15) is 213 Å². The number of unbranched alkanes of at least 4 members (excludes halogenated alkanes) is 19. The Balaban J connectivity index is 4.66. The molecule has 0 saturated carbocycles. The normalized spacial score (nSPS) is 11.8. The highest BCUT2D eigenvalue weighted by Crippen LogP contribution is 2.17. The van der Waals surface area contributed by atoms with E-state index >= 15 is 0 Å². The second-order valence-corrected chi connectivity index (χ2v) is 16.1. The van der Waals surface area contributed by atoms with Gasteiger partial charge in [0, 0.05) is 38.1 Å². The number of carbonyl (C=O) groups excluding carboxylic acids is 4. The van der Waals surface area contributed by atoms with Crippen molar-refractivity contribution >= 4 is 24.1 Å². The van der Waals surface area contributed by atoms with Crippen LogP contribution in [0.25, 0.3) is 0 Å². The molecule has 0 fully saturated rings. The summed E-state index contributed by atoms with van der Waals surface area (Å²) in [6.45, 7) is 8.41. The summed E-state index contributed by atoms with van der Waals surface area (Å²) in [5, 5.41) is 0. The smallest absolute Gasteiger partial charge is 0.466 e. The van der Waals surface area contributed by atoms with Crippen LogP contribution in [0, 0.1) is 5.92 Å². The van der Waals surface area contributed by atoms with Gasteiger partial charge in [-0.15, -0.1) is 0 Å². The Morgan fingerprint density at radius 1 is 0.429 bits per heavy atom. The van der Waals surface area contributed by atoms with Gasteiger partial charge < -0.3 is 28.6 Å².